The third-order valence-corrected chi connectivity index (χ3v) is 1.59. The highest BCUT2D eigenvalue weighted by atomic mass is 32.2. The van der Waals surface area contributed by atoms with E-state index in [4.69, 9.17) is 11.3 Å². The molecule has 1 aromatic rings. The molecule has 0 bridgehead atoms. The highest BCUT2D eigenvalue weighted by Gasteiger charge is 2.00. The Bertz CT molecular complexity index is 291. The number of nitrogens with one attached hydrogen (secondary N) is 2. The van der Waals surface area contributed by atoms with Gasteiger partial charge in [-0.15, -0.1) is 3.89 Å². The summed E-state index contributed by atoms with van der Waals surface area (Å²) in [6.45, 7) is 0. The molecule has 0 aromatic heterocycles. The number of hydrogen-bond donors (Lipinski definition) is 3. The Hall–Kier alpha value is -1.30. The molecule has 0 atom stereocenters. The summed E-state index contributed by atoms with van der Waals surface area (Å²) in [6.07, 6.45) is 0. The van der Waals surface area contributed by atoms with Gasteiger partial charge < -0.3 is 10.5 Å². The van der Waals surface area contributed by atoms with Crippen LogP contribution in [0.3, 0.4) is 0 Å². The SMILES string of the molecule is N=Nc1ccc(N)cc1NSF. The molecule has 0 radical (unpaired) electrons. The maximum Gasteiger partial charge on any atom is 0.162 e. The van der Waals surface area contributed by atoms with Crippen molar-refractivity contribution in [3.05, 3.63) is 18.2 Å². The minimum Gasteiger partial charge on any atom is -0.399 e. The van der Waals surface area contributed by atoms with Gasteiger partial charge in [-0.25, -0.2) is 5.53 Å². The number of anilines is 2. The molecule has 0 fully saturated rings. The first kappa shape index (κ1) is 8.79. The van der Waals surface area contributed by atoms with Crippen molar-refractivity contribution in [2.24, 2.45) is 5.11 Å². The molecule has 0 spiro atoms. The Kier molecular flexibility index (Phi) is 2.87. The summed E-state index contributed by atoms with van der Waals surface area (Å²) in [4.78, 5) is 0. The molecule has 0 heterocycles. The molecular weight excluding hydrogens is 179 g/mol. The van der Waals surface area contributed by atoms with Crippen molar-refractivity contribution in [1.82, 2.24) is 0 Å². The van der Waals surface area contributed by atoms with E-state index in [9.17, 15) is 3.89 Å². The van der Waals surface area contributed by atoms with Crippen molar-refractivity contribution in [1.29, 1.82) is 5.53 Å². The molecule has 0 unspecified atom stereocenters. The zero-order chi connectivity index (χ0) is 8.97. The first-order chi connectivity index (χ1) is 5.77. The van der Waals surface area contributed by atoms with E-state index in [1.54, 1.807) is 12.1 Å². The van der Waals surface area contributed by atoms with E-state index in [1.165, 1.54) is 6.07 Å². The van der Waals surface area contributed by atoms with Crippen LogP contribution in [0.2, 0.25) is 0 Å². The average Bonchev–Trinajstić information content (AvgIpc) is 2.05. The minimum absolute atomic E-state index is 0.0559. The van der Waals surface area contributed by atoms with E-state index in [1.807, 2.05) is 0 Å². The van der Waals surface area contributed by atoms with Gasteiger partial charge in [-0.3, -0.25) is 0 Å². The Morgan fingerprint density at radius 2 is 2.33 bits per heavy atom. The Morgan fingerprint density at radius 3 is 2.92 bits per heavy atom. The van der Waals surface area contributed by atoms with E-state index < -0.39 is 0 Å². The molecule has 12 heavy (non-hydrogen) atoms. The zero-order valence-corrected chi connectivity index (χ0v) is 6.86. The van der Waals surface area contributed by atoms with Crippen molar-refractivity contribution >= 4 is 29.4 Å². The van der Waals surface area contributed by atoms with E-state index in [-0.39, 0.29) is 12.3 Å². The average molecular weight is 186 g/mol. The number of nitrogens with two attached hydrogens (primary N) is 1. The maximum atomic E-state index is 11.8. The van der Waals surface area contributed by atoms with E-state index in [0.717, 1.165) is 0 Å². The van der Waals surface area contributed by atoms with E-state index in [2.05, 4.69) is 9.84 Å². The van der Waals surface area contributed by atoms with Crippen LogP contribution in [0.25, 0.3) is 0 Å². The quantitative estimate of drug-likeness (QED) is 0.386. The summed E-state index contributed by atoms with van der Waals surface area (Å²) in [6, 6.07) is 4.66. The van der Waals surface area contributed by atoms with Crippen molar-refractivity contribution in [2.45, 2.75) is 0 Å². The lowest BCUT2D eigenvalue weighted by molar-refractivity contribution is 0.943. The lowest BCUT2D eigenvalue weighted by Crippen LogP contribution is -1.88. The predicted octanol–water partition coefficient (Wildman–Crippen LogP) is 2.88. The predicted molar refractivity (Wildman–Crippen MR) is 48.0 cm³/mol. The lowest BCUT2D eigenvalue weighted by atomic mass is 10.2. The lowest BCUT2D eigenvalue weighted by Gasteiger charge is -2.03. The molecular formula is C6H7FN4S. The molecule has 0 aliphatic rings. The fourth-order valence-corrected chi connectivity index (χ4v) is 1.02. The highest BCUT2D eigenvalue weighted by Crippen LogP contribution is 2.29. The molecule has 1 aromatic carbocycles. The number of nitrogens with zero attached hydrogens (tertiary/aromatic N) is 1. The fraction of sp³-hybridized carbons (Fsp3) is 0. The molecule has 64 valence electrons. The van der Waals surface area contributed by atoms with E-state index >= 15 is 0 Å². The molecule has 4 nitrogen and oxygen atoms in total. The first-order valence-electron chi connectivity index (χ1n) is 3.08. The van der Waals surface area contributed by atoms with Gasteiger partial charge in [0.2, 0.25) is 0 Å². The summed E-state index contributed by atoms with van der Waals surface area (Å²) >= 11 is -0.0559. The number of nitrogen functional groups attached to an aromatic ring is 1. The number of benzene rings is 1. The van der Waals surface area contributed by atoms with Gasteiger partial charge in [-0.2, -0.15) is 5.11 Å². The van der Waals surface area contributed by atoms with Crippen LogP contribution in [0, 0.1) is 5.53 Å². The first-order valence-corrected chi connectivity index (χ1v) is 3.80. The van der Waals surface area contributed by atoms with Crippen molar-refractivity contribution in [2.75, 3.05) is 10.5 Å². The largest absolute Gasteiger partial charge is 0.399 e. The molecule has 0 aliphatic carbocycles. The second kappa shape index (κ2) is 3.91. The molecule has 0 aliphatic heterocycles. The summed E-state index contributed by atoms with van der Waals surface area (Å²) < 4.78 is 14.1. The molecule has 6 heteroatoms. The van der Waals surface area contributed by atoms with Gasteiger partial charge in [0.1, 0.15) is 5.69 Å². The molecule has 0 amide bonds. The van der Waals surface area contributed by atoms with Crippen LogP contribution >= 0.6 is 12.3 Å². The molecule has 0 saturated heterocycles. The monoisotopic (exact) mass is 186 g/mol. The molecule has 4 N–H and O–H groups in total. The van der Waals surface area contributed by atoms with Crippen LogP contribution in [0.5, 0.6) is 0 Å². The maximum absolute atomic E-state index is 11.8. The second-order valence-corrected chi connectivity index (χ2v) is 2.43. The van der Waals surface area contributed by atoms with Crippen LogP contribution < -0.4 is 10.5 Å². The molecule has 1 rings (SSSR count). The van der Waals surface area contributed by atoms with Gasteiger partial charge >= 0.3 is 0 Å². The Labute approximate surface area is 73.3 Å². The second-order valence-electron chi connectivity index (χ2n) is 2.07. The zero-order valence-electron chi connectivity index (χ0n) is 6.04. The Morgan fingerprint density at radius 1 is 1.58 bits per heavy atom. The minimum atomic E-state index is -0.0559. The third-order valence-electron chi connectivity index (χ3n) is 1.29. The van der Waals surface area contributed by atoms with Gasteiger partial charge in [0.15, 0.2) is 12.3 Å². The van der Waals surface area contributed by atoms with Crippen LogP contribution in [0.15, 0.2) is 23.3 Å². The number of hydrogen-bond acceptors (Lipinski definition) is 5. The van der Waals surface area contributed by atoms with Gasteiger partial charge in [-0.1, -0.05) is 0 Å². The van der Waals surface area contributed by atoms with Crippen LogP contribution in [-0.4, -0.2) is 0 Å². The summed E-state index contributed by atoms with van der Waals surface area (Å²) in [7, 11) is 0. The highest BCUT2D eigenvalue weighted by molar-refractivity contribution is 7.95. The summed E-state index contributed by atoms with van der Waals surface area (Å²) in [5.74, 6) is 0. The Balaban J connectivity index is 3.03. The molecule has 0 saturated carbocycles. The van der Waals surface area contributed by atoms with Gasteiger partial charge in [0, 0.05) is 5.69 Å². The fourth-order valence-electron chi connectivity index (χ4n) is 0.774. The van der Waals surface area contributed by atoms with Crippen LogP contribution in [0.4, 0.5) is 20.9 Å². The van der Waals surface area contributed by atoms with Crippen molar-refractivity contribution in [3.63, 3.8) is 0 Å². The van der Waals surface area contributed by atoms with E-state index in [0.29, 0.717) is 17.1 Å². The summed E-state index contributed by atoms with van der Waals surface area (Å²) in [5.41, 5.74) is 13.4. The van der Waals surface area contributed by atoms with Crippen LogP contribution in [0.1, 0.15) is 0 Å². The number of halogens is 1. The van der Waals surface area contributed by atoms with Crippen molar-refractivity contribution < 1.29 is 3.89 Å². The summed E-state index contributed by atoms with van der Waals surface area (Å²) in [5, 5.41) is 3.18. The number of rotatable bonds is 3. The van der Waals surface area contributed by atoms with Gasteiger partial charge in [0.05, 0.1) is 5.69 Å². The van der Waals surface area contributed by atoms with Gasteiger partial charge in [-0.05, 0) is 18.2 Å². The van der Waals surface area contributed by atoms with Crippen LogP contribution in [-0.2, 0) is 0 Å². The topological polar surface area (TPSA) is 74.3 Å². The standard InChI is InChI=1S/C6H7FN4S/c7-12-11-6-3-4(8)1-2-5(6)10-9/h1-3,9,11H,8H2. The smallest absolute Gasteiger partial charge is 0.162 e. The third kappa shape index (κ3) is 1.85. The van der Waals surface area contributed by atoms with Gasteiger partial charge in [0.25, 0.3) is 0 Å². The van der Waals surface area contributed by atoms with Crippen molar-refractivity contribution in [3.8, 4) is 0 Å². The normalized spacial score (nSPS) is 9.42.